The second-order valence-corrected chi connectivity index (χ2v) is 7.22. The van der Waals surface area contributed by atoms with Gasteiger partial charge in [-0.1, -0.05) is 30.6 Å². The molecule has 7 heteroatoms. The quantitative estimate of drug-likeness (QED) is 0.936. The van der Waals surface area contributed by atoms with Gasteiger partial charge in [0.15, 0.2) is 5.82 Å². The maximum Gasteiger partial charge on any atom is 0.234 e. The second kappa shape index (κ2) is 5.30. The number of hydrogen-bond donors (Lipinski definition) is 1. The topological polar surface area (TPSA) is 78.3 Å². The lowest BCUT2D eigenvalue weighted by Gasteiger charge is -2.33. The van der Waals surface area contributed by atoms with Crippen molar-refractivity contribution in [1.29, 1.82) is 0 Å². The van der Waals surface area contributed by atoms with Crippen LogP contribution < -0.4 is 5.73 Å². The molecule has 0 aromatic carbocycles. The Morgan fingerprint density at radius 3 is 2.86 bits per heavy atom. The molecule has 1 saturated carbocycles. The molecular weight excluding hydrogens is 286 g/mol. The Balaban J connectivity index is 1.73. The summed E-state index contributed by atoms with van der Waals surface area (Å²) in [6, 6.07) is 0. The Morgan fingerprint density at radius 2 is 2.14 bits per heavy atom. The minimum absolute atomic E-state index is 0.0626. The summed E-state index contributed by atoms with van der Waals surface area (Å²) >= 11 is 1.66. The van der Waals surface area contributed by atoms with Crippen molar-refractivity contribution in [2.45, 2.75) is 49.9 Å². The Morgan fingerprint density at radius 1 is 1.29 bits per heavy atom. The third-order valence-corrected chi connectivity index (χ3v) is 6.11. The van der Waals surface area contributed by atoms with E-state index in [4.69, 9.17) is 15.6 Å². The van der Waals surface area contributed by atoms with Crippen LogP contribution in [0.2, 0.25) is 0 Å². The van der Waals surface area contributed by atoms with E-state index in [0.29, 0.717) is 12.5 Å². The smallest absolute Gasteiger partial charge is 0.234 e. The molecule has 1 unspecified atom stereocenters. The molecule has 2 N–H and O–H groups in total. The number of nitrogens with two attached hydrogens (primary N) is 1. The highest BCUT2D eigenvalue weighted by atomic mass is 32.1. The fourth-order valence-corrected chi connectivity index (χ4v) is 4.67. The zero-order valence-electron chi connectivity index (χ0n) is 12.1. The van der Waals surface area contributed by atoms with E-state index in [1.54, 1.807) is 11.3 Å². The van der Waals surface area contributed by atoms with Crippen molar-refractivity contribution in [2.24, 2.45) is 5.73 Å². The van der Waals surface area contributed by atoms with Crippen molar-refractivity contribution in [3.8, 4) is 0 Å². The molecule has 1 aliphatic carbocycles. The molecule has 4 rings (SSSR count). The molecule has 1 aliphatic heterocycles. The summed E-state index contributed by atoms with van der Waals surface area (Å²) < 4.78 is 7.40. The van der Waals surface area contributed by atoms with Gasteiger partial charge in [-0.15, -0.1) is 10.2 Å². The average Bonchev–Trinajstić information content (AvgIpc) is 3.23. The number of rotatable bonds is 3. The van der Waals surface area contributed by atoms with Gasteiger partial charge in [0.2, 0.25) is 4.96 Å². The molecular formula is C14H21N5OS. The van der Waals surface area contributed by atoms with Crippen molar-refractivity contribution < 1.29 is 4.74 Å². The molecule has 1 atom stereocenters. The number of hydrogen-bond acceptors (Lipinski definition) is 6. The molecule has 2 aliphatic rings. The van der Waals surface area contributed by atoms with Crippen molar-refractivity contribution in [1.82, 2.24) is 19.8 Å². The minimum Gasteiger partial charge on any atom is -0.381 e. The first-order valence-corrected chi connectivity index (χ1v) is 8.64. The van der Waals surface area contributed by atoms with Crippen LogP contribution in [-0.4, -0.2) is 39.6 Å². The van der Waals surface area contributed by atoms with Crippen LogP contribution in [0.3, 0.4) is 0 Å². The summed E-state index contributed by atoms with van der Waals surface area (Å²) in [5.41, 5.74) is 6.18. The van der Waals surface area contributed by atoms with Crippen LogP contribution in [0, 0.1) is 0 Å². The van der Waals surface area contributed by atoms with Crippen LogP contribution in [0.1, 0.15) is 55.3 Å². The van der Waals surface area contributed by atoms with Gasteiger partial charge < -0.3 is 10.5 Å². The fourth-order valence-electron chi connectivity index (χ4n) is 3.57. The van der Waals surface area contributed by atoms with Crippen LogP contribution in [0.15, 0.2) is 0 Å². The molecule has 1 saturated heterocycles. The Bertz CT molecular complexity index is 624. The zero-order valence-corrected chi connectivity index (χ0v) is 12.9. The molecule has 0 spiro atoms. The van der Waals surface area contributed by atoms with Crippen LogP contribution >= 0.6 is 11.3 Å². The number of aromatic nitrogens is 4. The fraction of sp³-hybridized carbons (Fsp3) is 0.786. The lowest BCUT2D eigenvalue weighted by Crippen LogP contribution is -2.37. The molecule has 0 radical (unpaired) electrons. The zero-order chi connectivity index (χ0) is 14.3. The molecule has 2 aromatic rings. The van der Waals surface area contributed by atoms with Gasteiger partial charge in [-0.2, -0.15) is 9.61 Å². The lowest BCUT2D eigenvalue weighted by molar-refractivity contribution is 0.193. The van der Waals surface area contributed by atoms with Gasteiger partial charge in [-0.05, 0) is 19.3 Å². The van der Waals surface area contributed by atoms with E-state index in [0.717, 1.165) is 48.3 Å². The van der Waals surface area contributed by atoms with E-state index < -0.39 is 0 Å². The molecule has 21 heavy (non-hydrogen) atoms. The van der Waals surface area contributed by atoms with Crippen LogP contribution in [0.4, 0.5) is 0 Å². The summed E-state index contributed by atoms with van der Waals surface area (Å²) in [5, 5.41) is 14.6. The van der Waals surface area contributed by atoms with E-state index >= 15 is 0 Å². The monoisotopic (exact) mass is 307 g/mol. The Hall–Kier alpha value is -1.05. The normalized spacial score (nSPS) is 25.7. The van der Waals surface area contributed by atoms with Crippen LogP contribution in [0.25, 0.3) is 4.96 Å². The Kier molecular flexibility index (Phi) is 3.43. The number of nitrogens with zero attached hydrogens (tertiary/aromatic N) is 4. The van der Waals surface area contributed by atoms with Crippen LogP contribution in [-0.2, 0) is 10.2 Å². The first kappa shape index (κ1) is 13.6. The van der Waals surface area contributed by atoms with Crippen molar-refractivity contribution in [2.75, 3.05) is 19.8 Å². The van der Waals surface area contributed by atoms with E-state index in [-0.39, 0.29) is 5.41 Å². The van der Waals surface area contributed by atoms with Gasteiger partial charge in [-0.25, -0.2) is 0 Å². The van der Waals surface area contributed by atoms with Crippen molar-refractivity contribution in [3.05, 3.63) is 10.8 Å². The second-order valence-electron chi connectivity index (χ2n) is 6.27. The lowest BCUT2D eigenvalue weighted by atomic mass is 9.74. The van der Waals surface area contributed by atoms with E-state index in [9.17, 15) is 0 Å². The van der Waals surface area contributed by atoms with Gasteiger partial charge in [0.1, 0.15) is 5.01 Å². The highest BCUT2D eigenvalue weighted by molar-refractivity contribution is 7.16. The highest BCUT2D eigenvalue weighted by Crippen LogP contribution is 2.40. The summed E-state index contributed by atoms with van der Waals surface area (Å²) in [5.74, 6) is 1.28. The maximum absolute atomic E-state index is 6.12. The molecule has 3 heterocycles. The summed E-state index contributed by atoms with van der Waals surface area (Å²) in [7, 11) is 0. The number of ether oxygens (including phenoxy) is 1. The molecule has 2 fully saturated rings. The van der Waals surface area contributed by atoms with Crippen molar-refractivity contribution in [3.63, 3.8) is 0 Å². The number of fused-ring (bicyclic) bond motifs is 1. The van der Waals surface area contributed by atoms with Gasteiger partial charge in [0.05, 0.1) is 6.61 Å². The van der Waals surface area contributed by atoms with Gasteiger partial charge in [0.25, 0.3) is 0 Å². The average molecular weight is 307 g/mol. The van der Waals surface area contributed by atoms with Crippen molar-refractivity contribution >= 4 is 16.3 Å². The molecule has 0 amide bonds. The Labute approximate surface area is 127 Å². The largest absolute Gasteiger partial charge is 0.381 e. The molecule has 6 nitrogen and oxygen atoms in total. The van der Waals surface area contributed by atoms with Gasteiger partial charge in [0, 0.05) is 24.5 Å². The molecule has 114 valence electrons. The maximum atomic E-state index is 6.12. The third-order valence-electron chi connectivity index (χ3n) is 4.96. The predicted molar refractivity (Wildman–Crippen MR) is 80.7 cm³/mol. The van der Waals surface area contributed by atoms with Gasteiger partial charge >= 0.3 is 0 Å². The van der Waals surface area contributed by atoms with E-state index in [2.05, 4.69) is 10.2 Å². The standard InChI is InChI=1S/C14H21N5OS/c15-9-14(5-2-1-3-6-14)12-18-19-11(10-4-7-20-8-10)16-17-13(19)21-12/h10H,1-9,15H2. The minimum atomic E-state index is 0.0626. The SMILES string of the molecule is NCC1(c2nn3c(C4CCOC4)nnc3s2)CCCCC1. The van der Waals surface area contributed by atoms with E-state index in [1.807, 2.05) is 4.52 Å². The first-order valence-electron chi connectivity index (χ1n) is 7.83. The summed E-state index contributed by atoms with van der Waals surface area (Å²) in [6.07, 6.45) is 7.12. The summed E-state index contributed by atoms with van der Waals surface area (Å²) in [6.45, 7) is 2.22. The molecule has 2 aromatic heterocycles. The first-order chi connectivity index (χ1) is 10.3. The van der Waals surface area contributed by atoms with Gasteiger partial charge in [-0.3, -0.25) is 0 Å². The van der Waals surface area contributed by atoms with Crippen LogP contribution in [0.5, 0.6) is 0 Å². The predicted octanol–water partition coefficient (Wildman–Crippen LogP) is 1.85. The molecule has 0 bridgehead atoms. The third kappa shape index (κ3) is 2.18. The van der Waals surface area contributed by atoms with E-state index in [1.165, 1.54) is 19.3 Å². The summed E-state index contributed by atoms with van der Waals surface area (Å²) in [4.78, 5) is 0.894. The highest BCUT2D eigenvalue weighted by Gasteiger charge is 2.37.